The molecule has 0 saturated heterocycles. The van der Waals surface area contributed by atoms with Gasteiger partial charge in [-0.15, -0.1) is 11.3 Å². The Morgan fingerprint density at radius 3 is 2.16 bits per heavy atom. The van der Waals surface area contributed by atoms with Crippen LogP contribution in [0, 0.1) is 10.7 Å². The largest absolute Gasteiger partial charge is 0.481 e. The number of rotatable bonds is 8. The number of para-hydroxylation sites is 1. The molecule has 0 saturated carbocycles. The molecule has 1 aromatic heterocycles. The van der Waals surface area contributed by atoms with Crippen LogP contribution in [0.4, 0.5) is 0 Å². The minimum atomic E-state index is -0.931. The molecule has 8 heteroatoms. The van der Waals surface area contributed by atoms with Crippen LogP contribution in [0.15, 0.2) is 65.6 Å². The summed E-state index contributed by atoms with van der Waals surface area (Å²) in [5.74, 6) is -1.86. The molecule has 3 aromatic carbocycles. The standard InChI is InChI=1S/C27H20N2O4S2.2CH4/c28-15-34-17-6-8-19-18-7-5-16(26-29-22-3-1-2-4-23(22)35-26)13-20(18)27(21(19)14-17,11-9-24(30)31)12-10-25(32)33;;/h1-8,13-14H,9-12H2,(H,30,31)(H,32,33);2*1H4. The molecular formula is C29H28N2O4S2. The molecule has 6 nitrogen and oxygen atoms in total. The second-order valence-electron chi connectivity index (χ2n) is 8.52. The molecule has 0 fully saturated rings. The number of thioether (sulfide) groups is 1. The maximum absolute atomic E-state index is 11.6. The Bertz CT molecular complexity index is 1470. The summed E-state index contributed by atoms with van der Waals surface area (Å²) < 4.78 is 1.08. The van der Waals surface area contributed by atoms with E-state index >= 15 is 0 Å². The summed E-state index contributed by atoms with van der Waals surface area (Å²) >= 11 is 2.62. The number of fused-ring (bicyclic) bond motifs is 4. The van der Waals surface area contributed by atoms with Crippen LogP contribution in [0.3, 0.4) is 0 Å². The molecule has 0 aliphatic heterocycles. The normalized spacial score (nSPS) is 12.5. The zero-order valence-electron chi connectivity index (χ0n) is 18.5. The van der Waals surface area contributed by atoms with Crippen molar-refractivity contribution in [1.82, 2.24) is 4.98 Å². The van der Waals surface area contributed by atoms with Crippen molar-refractivity contribution in [2.75, 3.05) is 0 Å². The van der Waals surface area contributed by atoms with E-state index in [0.717, 1.165) is 59.7 Å². The number of thiazole rings is 1. The van der Waals surface area contributed by atoms with Gasteiger partial charge in [0.05, 0.1) is 10.2 Å². The van der Waals surface area contributed by atoms with Gasteiger partial charge < -0.3 is 10.2 Å². The number of aliphatic carboxylic acids is 2. The zero-order valence-corrected chi connectivity index (χ0v) is 20.2. The molecule has 1 heterocycles. The van der Waals surface area contributed by atoms with Crippen LogP contribution in [0.5, 0.6) is 0 Å². The predicted molar refractivity (Wildman–Crippen MR) is 150 cm³/mol. The third-order valence-corrected chi connectivity index (χ3v) is 8.23. The highest BCUT2D eigenvalue weighted by molar-refractivity contribution is 8.03. The van der Waals surface area contributed by atoms with E-state index in [2.05, 4.69) is 5.40 Å². The molecule has 1 aliphatic rings. The van der Waals surface area contributed by atoms with Crippen LogP contribution in [0.1, 0.15) is 51.7 Å². The number of thiocyanates is 1. The summed E-state index contributed by atoms with van der Waals surface area (Å²) in [4.78, 5) is 28.8. The molecule has 0 bridgehead atoms. The molecule has 1 aliphatic carbocycles. The van der Waals surface area contributed by atoms with Gasteiger partial charge in [0, 0.05) is 28.7 Å². The monoisotopic (exact) mass is 532 g/mol. The topological polar surface area (TPSA) is 111 Å². The number of hydrogen-bond acceptors (Lipinski definition) is 6. The summed E-state index contributed by atoms with van der Waals surface area (Å²) in [5.41, 5.74) is 4.77. The highest BCUT2D eigenvalue weighted by Gasteiger charge is 2.43. The van der Waals surface area contributed by atoms with Crippen molar-refractivity contribution in [3.05, 3.63) is 71.8 Å². The fourth-order valence-electron chi connectivity index (χ4n) is 5.02. The third kappa shape index (κ3) is 5.10. The van der Waals surface area contributed by atoms with E-state index in [0.29, 0.717) is 0 Å². The molecule has 5 rings (SSSR count). The number of benzene rings is 3. The molecule has 0 amide bonds. The van der Waals surface area contributed by atoms with Crippen molar-refractivity contribution < 1.29 is 19.8 Å². The molecule has 37 heavy (non-hydrogen) atoms. The molecular weight excluding hydrogens is 504 g/mol. The Kier molecular flexibility index (Phi) is 8.42. The Morgan fingerprint density at radius 1 is 0.919 bits per heavy atom. The number of nitrogens with zero attached hydrogens (tertiary/aromatic N) is 2. The van der Waals surface area contributed by atoms with Gasteiger partial charge in [-0.05, 0) is 77.2 Å². The van der Waals surface area contributed by atoms with Crippen molar-refractivity contribution in [2.45, 2.75) is 50.8 Å². The summed E-state index contributed by atoms with van der Waals surface area (Å²) in [5, 5.41) is 31.2. The third-order valence-electron chi connectivity index (χ3n) is 6.57. The van der Waals surface area contributed by atoms with Gasteiger partial charge in [-0.1, -0.05) is 45.2 Å². The first-order chi connectivity index (χ1) is 16.9. The van der Waals surface area contributed by atoms with Crippen LogP contribution in [-0.4, -0.2) is 27.1 Å². The van der Waals surface area contributed by atoms with Crippen LogP contribution in [0.2, 0.25) is 0 Å². The van der Waals surface area contributed by atoms with Crippen molar-refractivity contribution >= 4 is 45.3 Å². The van der Waals surface area contributed by atoms with Gasteiger partial charge in [-0.25, -0.2) is 4.98 Å². The molecule has 0 radical (unpaired) electrons. The van der Waals surface area contributed by atoms with Crippen LogP contribution in [-0.2, 0) is 15.0 Å². The zero-order chi connectivity index (χ0) is 24.6. The van der Waals surface area contributed by atoms with E-state index < -0.39 is 17.4 Å². The summed E-state index contributed by atoms with van der Waals surface area (Å²) in [7, 11) is 0. The molecule has 4 aromatic rings. The van der Waals surface area contributed by atoms with Crippen molar-refractivity contribution in [1.29, 1.82) is 5.26 Å². The van der Waals surface area contributed by atoms with E-state index in [-0.39, 0.29) is 40.5 Å². The van der Waals surface area contributed by atoms with Gasteiger partial charge >= 0.3 is 11.9 Å². The van der Waals surface area contributed by atoms with Gasteiger partial charge in [0.15, 0.2) is 0 Å². The lowest BCUT2D eigenvalue weighted by atomic mass is 9.71. The maximum atomic E-state index is 11.6. The quantitative estimate of drug-likeness (QED) is 0.176. The molecule has 190 valence electrons. The first kappa shape index (κ1) is 27.9. The Hall–Kier alpha value is -3.67. The summed E-state index contributed by atoms with van der Waals surface area (Å²) in [6, 6.07) is 19.8. The van der Waals surface area contributed by atoms with Crippen LogP contribution < -0.4 is 0 Å². The number of carboxylic acids is 2. The first-order valence-corrected chi connectivity index (χ1v) is 12.7. The minimum Gasteiger partial charge on any atom is -0.481 e. The predicted octanol–water partition coefficient (Wildman–Crippen LogP) is 7.80. The second kappa shape index (κ2) is 11.2. The van der Waals surface area contributed by atoms with Gasteiger partial charge in [0.1, 0.15) is 10.4 Å². The Balaban J connectivity index is 0.00000190. The molecule has 2 N–H and O–H groups in total. The lowest BCUT2D eigenvalue weighted by Gasteiger charge is -2.32. The first-order valence-electron chi connectivity index (χ1n) is 11.1. The summed E-state index contributed by atoms with van der Waals surface area (Å²) in [6.07, 6.45) is 0.331. The fraction of sp³-hybridized carbons (Fsp3) is 0.241. The SMILES string of the molecule is C.C.N#CSc1ccc2c(c1)C(CCC(=O)O)(CCC(=O)O)c1cc(-c3nc4ccccc4s3)ccc1-2. The second-order valence-corrected chi connectivity index (χ2v) is 10.4. The van der Waals surface area contributed by atoms with Crippen LogP contribution >= 0.6 is 23.1 Å². The number of hydrogen-bond donors (Lipinski definition) is 2. The van der Waals surface area contributed by atoms with Crippen molar-refractivity contribution in [2.24, 2.45) is 0 Å². The highest BCUT2D eigenvalue weighted by atomic mass is 32.2. The molecule has 0 spiro atoms. The average Bonchev–Trinajstić information content (AvgIpc) is 3.39. The van der Waals surface area contributed by atoms with E-state index in [9.17, 15) is 25.1 Å². The van der Waals surface area contributed by atoms with Gasteiger partial charge in [-0.2, -0.15) is 5.26 Å². The highest BCUT2D eigenvalue weighted by Crippen LogP contribution is 2.55. The number of carboxylic acid groups (broad SMARTS) is 2. The average molecular weight is 533 g/mol. The van der Waals surface area contributed by atoms with Gasteiger partial charge in [0.2, 0.25) is 0 Å². The van der Waals surface area contributed by atoms with E-state index in [4.69, 9.17) is 4.98 Å². The van der Waals surface area contributed by atoms with E-state index in [1.165, 1.54) is 0 Å². The van der Waals surface area contributed by atoms with Crippen molar-refractivity contribution in [3.8, 4) is 27.1 Å². The van der Waals surface area contributed by atoms with E-state index in [1.54, 1.807) is 11.3 Å². The lowest BCUT2D eigenvalue weighted by Crippen LogP contribution is -2.27. The number of carbonyl (C=O) groups is 2. The Morgan fingerprint density at radius 2 is 1.54 bits per heavy atom. The van der Waals surface area contributed by atoms with E-state index in [1.807, 2.05) is 60.7 Å². The molecule has 0 atom stereocenters. The smallest absolute Gasteiger partial charge is 0.303 e. The molecule has 0 unspecified atom stereocenters. The maximum Gasteiger partial charge on any atom is 0.303 e. The fourth-order valence-corrected chi connectivity index (χ4v) is 6.40. The van der Waals surface area contributed by atoms with Crippen molar-refractivity contribution in [3.63, 3.8) is 0 Å². The Labute approximate surface area is 224 Å². The van der Waals surface area contributed by atoms with Crippen LogP contribution in [0.25, 0.3) is 31.9 Å². The summed E-state index contributed by atoms with van der Waals surface area (Å²) in [6.45, 7) is 0. The lowest BCUT2D eigenvalue weighted by molar-refractivity contribution is -0.137. The number of aromatic nitrogens is 1. The van der Waals surface area contributed by atoms with Gasteiger partial charge in [-0.3, -0.25) is 9.59 Å². The minimum absolute atomic E-state index is 0. The van der Waals surface area contributed by atoms with Gasteiger partial charge in [0.25, 0.3) is 0 Å². The number of nitriles is 1.